The van der Waals surface area contributed by atoms with Crippen LogP contribution in [-0.2, 0) is 14.2 Å². The second-order valence-corrected chi connectivity index (χ2v) is 16.4. The van der Waals surface area contributed by atoms with E-state index >= 15 is 0 Å². The molecule has 2 N–H and O–H groups in total. The number of aliphatic hydroxyl groups is 2. The van der Waals surface area contributed by atoms with E-state index in [-0.39, 0.29) is 36.1 Å². The van der Waals surface area contributed by atoms with E-state index in [1.807, 2.05) is 12.1 Å². The van der Waals surface area contributed by atoms with Crippen LogP contribution < -0.4 is 14.2 Å². The first kappa shape index (κ1) is 33.7. The fourth-order valence-corrected chi connectivity index (χ4v) is 9.38. The second kappa shape index (κ2) is 14.5. The molecule has 0 bridgehead atoms. The fraction of sp³-hybridized carbons (Fsp3) is 0.438. The van der Waals surface area contributed by atoms with Crippen molar-refractivity contribution in [1.29, 1.82) is 0 Å². The summed E-state index contributed by atoms with van der Waals surface area (Å²) in [6.07, 6.45) is 0.199. The molecule has 12 heteroatoms. The molecule has 3 heterocycles. The third kappa shape index (κ3) is 7.57. The topological polar surface area (TPSA) is 99.1 Å². The molecular weight excluding hydrogens is 1020 g/mol. The van der Waals surface area contributed by atoms with Gasteiger partial charge in [-0.05, 0) is 143 Å². The highest BCUT2D eigenvalue weighted by Crippen LogP contribution is 2.42. The molecule has 0 aliphatic carbocycles. The van der Waals surface area contributed by atoms with Crippen LogP contribution in [0.1, 0.15) is 22.6 Å². The zero-order valence-corrected chi connectivity index (χ0v) is 32.3. The summed E-state index contributed by atoms with van der Waals surface area (Å²) in [6, 6.07) is 17.1. The van der Waals surface area contributed by atoms with Gasteiger partial charge in [-0.2, -0.15) is 0 Å². The van der Waals surface area contributed by atoms with Crippen LogP contribution in [0.2, 0.25) is 0 Å². The highest BCUT2D eigenvalue weighted by atomic mass is 127. The lowest BCUT2D eigenvalue weighted by Crippen LogP contribution is -2.50. The van der Waals surface area contributed by atoms with Crippen LogP contribution in [0, 0.1) is 25.1 Å². The molecular formula is C32H32I4O8. The van der Waals surface area contributed by atoms with E-state index in [1.165, 1.54) is 0 Å². The lowest BCUT2D eigenvalue weighted by molar-refractivity contribution is -0.153. The summed E-state index contributed by atoms with van der Waals surface area (Å²) in [5.74, 6) is 2.41. The number of ether oxygens (including phenoxy) is 6. The first-order valence-electron chi connectivity index (χ1n) is 14.2. The van der Waals surface area contributed by atoms with E-state index in [9.17, 15) is 10.2 Å². The molecule has 0 spiro atoms. The van der Waals surface area contributed by atoms with Crippen molar-refractivity contribution < 1.29 is 38.6 Å². The summed E-state index contributed by atoms with van der Waals surface area (Å²) in [6.45, 7) is 4.26. The van der Waals surface area contributed by atoms with Crippen LogP contribution in [0.15, 0.2) is 48.5 Å². The van der Waals surface area contributed by atoms with Gasteiger partial charge in [0.1, 0.15) is 43.2 Å². The number of aliphatic hydroxyl groups excluding tert-OH is 2. The molecule has 8 nitrogen and oxygen atoms in total. The van der Waals surface area contributed by atoms with Crippen LogP contribution in [0.3, 0.4) is 0 Å². The second-order valence-electron chi connectivity index (χ2n) is 11.8. The average Bonchev–Trinajstić information content (AvgIpc) is 3.79. The number of hydrogen-bond acceptors (Lipinski definition) is 8. The monoisotopic (exact) mass is 1050 g/mol. The highest BCUT2D eigenvalue weighted by Gasteiger charge is 2.40. The largest absolute Gasteiger partial charge is 0.491 e. The zero-order valence-electron chi connectivity index (χ0n) is 23.7. The molecule has 1 unspecified atom stereocenters. The van der Waals surface area contributed by atoms with Gasteiger partial charge in [0.05, 0.1) is 71.4 Å². The van der Waals surface area contributed by atoms with Crippen molar-refractivity contribution >= 4 is 90.4 Å². The number of hydrogen-bond donors (Lipinski definition) is 2. The standard InChI is InChI=1S/C32H32I4O8/c33-24-5-20(6-25(34)29(24)43-17-31(11-37)13-39-14-31)28(19-1-3-22(4-2-19)41-9-23-10-42-23)21-7-26(35)30(27(36)8-21)44-18-32(12-38)15-40-16-32/h1-8,23,28,37-38H,9-18H2. The van der Waals surface area contributed by atoms with Gasteiger partial charge < -0.3 is 38.6 Å². The summed E-state index contributed by atoms with van der Waals surface area (Å²) in [4.78, 5) is 0. The van der Waals surface area contributed by atoms with E-state index in [4.69, 9.17) is 28.4 Å². The van der Waals surface area contributed by atoms with Crippen molar-refractivity contribution in [3.05, 3.63) is 79.5 Å². The lowest BCUT2D eigenvalue weighted by Gasteiger charge is -2.39. The van der Waals surface area contributed by atoms with Gasteiger partial charge in [-0.25, -0.2) is 0 Å². The summed E-state index contributed by atoms with van der Waals surface area (Å²) >= 11 is 9.39. The van der Waals surface area contributed by atoms with E-state index in [0.29, 0.717) is 46.2 Å². The Morgan fingerprint density at radius 1 is 0.682 bits per heavy atom. The van der Waals surface area contributed by atoms with Crippen LogP contribution in [0.5, 0.6) is 17.2 Å². The number of rotatable bonds is 14. The van der Waals surface area contributed by atoms with E-state index in [0.717, 1.165) is 54.8 Å². The van der Waals surface area contributed by atoms with E-state index < -0.39 is 0 Å². The summed E-state index contributed by atoms with van der Waals surface area (Å²) in [5.41, 5.74) is 2.75. The Labute approximate surface area is 311 Å². The van der Waals surface area contributed by atoms with Crippen molar-refractivity contribution in [2.24, 2.45) is 10.8 Å². The Morgan fingerprint density at radius 2 is 1.11 bits per heavy atom. The van der Waals surface area contributed by atoms with Gasteiger partial charge in [0, 0.05) is 5.92 Å². The first-order chi connectivity index (χ1) is 21.2. The Bertz CT molecular complexity index is 1330. The quantitative estimate of drug-likeness (QED) is 0.118. The first-order valence-corrected chi connectivity index (χ1v) is 18.5. The molecule has 3 aliphatic rings. The Kier molecular flexibility index (Phi) is 11.1. The lowest BCUT2D eigenvalue weighted by atomic mass is 9.85. The molecule has 3 aliphatic heterocycles. The van der Waals surface area contributed by atoms with Crippen molar-refractivity contribution in [1.82, 2.24) is 0 Å². The molecule has 3 aromatic rings. The predicted octanol–water partition coefficient (Wildman–Crippen LogP) is 5.84. The number of epoxide rings is 1. The van der Waals surface area contributed by atoms with E-state index in [2.05, 4.69) is 127 Å². The molecule has 1 atom stereocenters. The minimum absolute atomic E-state index is 0.0411. The molecule has 3 saturated heterocycles. The molecule has 236 valence electrons. The molecule has 0 radical (unpaired) electrons. The smallest absolute Gasteiger partial charge is 0.145 e. The molecule has 6 rings (SSSR count). The minimum atomic E-state index is -0.331. The maximum Gasteiger partial charge on any atom is 0.145 e. The van der Waals surface area contributed by atoms with Crippen molar-refractivity contribution in [2.75, 3.05) is 66.1 Å². The van der Waals surface area contributed by atoms with Gasteiger partial charge in [0.15, 0.2) is 0 Å². The molecule has 3 fully saturated rings. The van der Waals surface area contributed by atoms with Crippen molar-refractivity contribution in [3.8, 4) is 17.2 Å². The fourth-order valence-electron chi connectivity index (χ4n) is 5.13. The predicted molar refractivity (Wildman–Crippen MR) is 198 cm³/mol. The molecule has 0 amide bonds. The Morgan fingerprint density at radius 3 is 1.45 bits per heavy atom. The SMILES string of the molecule is OCC1(COc2c(I)cc(C(c3ccc(OCC4CO4)cc3)c3cc(I)c(OCC4(CO)COC4)c(I)c3)cc2I)COC1. The summed E-state index contributed by atoms with van der Waals surface area (Å²) in [5, 5.41) is 19.7. The zero-order chi connectivity index (χ0) is 30.9. The molecule has 0 aromatic heterocycles. The van der Waals surface area contributed by atoms with Crippen LogP contribution >= 0.6 is 90.4 Å². The maximum absolute atomic E-state index is 9.87. The normalized spacial score (nSPS) is 19.7. The third-order valence-corrected chi connectivity index (χ3v) is 11.3. The molecule has 0 saturated carbocycles. The van der Waals surface area contributed by atoms with E-state index in [1.54, 1.807) is 0 Å². The minimum Gasteiger partial charge on any atom is -0.491 e. The van der Waals surface area contributed by atoms with Crippen molar-refractivity contribution in [2.45, 2.75) is 12.0 Å². The van der Waals surface area contributed by atoms with Gasteiger partial charge in [0.2, 0.25) is 0 Å². The summed E-state index contributed by atoms with van der Waals surface area (Å²) in [7, 11) is 0. The Hall–Kier alpha value is -0.220. The average molecular weight is 1050 g/mol. The van der Waals surface area contributed by atoms with Gasteiger partial charge >= 0.3 is 0 Å². The third-order valence-electron chi connectivity index (χ3n) is 8.11. The van der Waals surface area contributed by atoms with Gasteiger partial charge in [-0.1, -0.05) is 12.1 Å². The summed E-state index contributed by atoms with van der Waals surface area (Å²) < 4.78 is 38.5. The Balaban J connectivity index is 1.31. The van der Waals surface area contributed by atoms with Crippen LogP contribution in [0.25, 0.3) is 0 Å². The van der Waals surface area contributed by atoms with Crippen LogP contribution in [0.4, 0.5) is 0 Å². The van der Waals surface area contributed by atoms with Crippen LogP contribution in [-0.4, -0.2) is 82.4 Å². The number of benzene rings is 3. The van der Waals surface area contributed by atoms with Gasteiger partial charge in [-0.15, -0.1) is 0 Å². The molecule has 44 heavy (non-hydrogen) atoms. The van der Waals surface area contributed by atoms with Gasteiger partial charge in [-0.3, -0.25) is 0 Å². The highest BCUT2D eigenvalue weighted by molar-refractivity contribution is 14.1. The molecule has 3 aromatic carbocycles. The maximum atomic E-state index is 9.87. The van der Waals surface area contributed by atoms with Crippen molar-refractivity contribution in [3.63, 3.8) is 0 Å². The van der Waals surface area contributed by atoms with Gasteiger partial charge in [0.25, 0.3) is 0 Å². The number of halogens is 4.